The highest BCUT2D eigenvalue weighted by Gasteiger charge is 2.16. The zero-order valence-electron chi connectivity index (χ0n) is 8.79. The first-order chi connectivity index (χ1) is 8.04. The average molecular weight is 247 g/mol. The van der Waals surface area contributed by atoms with E-state index < -0.39 is 17.9 Å². The minimum absolute atomic E-state index is 0.0496. The van der Waals surface area contributed by atoms with Crippen LogP contribution >= 0.6 is 0 Å². The molecule has 0 atom stereocenters. The van der Waals surface area contributed by atoms with Gasteiger partial charge in [0, 0.05) is 18.8 Å². The molecule has 0 saturated carbocycles. The number of aromatic nitrogens is 1. The van der Waals surface area contributed by atoms with Crippen molar-refractivity contribution in [2.24, 2.45) is 0 Å². The predicted octanol–water partition coefficient (Wildman–Crippen LogP) is 1.05. The van der Waals surface area contributed by atoms with Crippen LogP contribution in [0.5, 0.6) is 0 Å². The fourth-order valence-electron chi connectivity index (χ4n) is 1.28. The molecule has 0 aliphatic carbocycles. The van der Waals surface area contributed by atoms with Crippen LogP contribution in [0.3, 0.4) is 0 Å². The van der Waals surface area contributed by atoms with Crippen molar-refractivity contribution >= 4 is 11.5 Å². The summed E-state index contributed by atoms with van der Waals surface area (Å²) in [5, 5.41) is 19.3. The van der Waals surface area contributed by atoms with Gasteiger partial charge in [0.15, 0.2) is 0 Å². The van der Waals surface area contributed by atoms with E-state index >= 15 is 0 Å². The molecule has 0 saturated heterocycles. The van der Waals surface area contributed by atoms with Crippen molar-refractivity contribution in [3.8, 4) is 0 Å². The Morgan fingerprint density at radius 3 is 2.82 bits per heavy atom. The lowest BCUT2D eigenvalue weighted by Crippen LogP contribution is -2.32. The second kappa shape index (κ2) is 6.04. The highest BCUT2D eigenvalue weighted by Crippen LogP contribution is 2.18. The molecule has 1 heterocycles. The van der Waals surface area contributed by atoms with Crippen LogP contribution in [0.1, 0.15) is 0 Å². The van der Waals surface area contributed by atoms with Crippen LogP contribution in [0.15, 0.2) is 18.3 Å². The summed E-state index contributed by atoms with van der Waals surface area (Å²) in [6.07, 6.45) is -1.44. The number of aliphatic hydroxyl groups is 1. The van der Waals surface area contributed by atoms with E-state index in [0.717, 1.165) is 11.0 Å². The smallest absolute Gasteiger partial charge is 0.274 e. The number of nitrogens with zero attached hydrogens (tertiary/aromatic N) is 3. The van der Waals surface area contributed by atoms with Gasteiger partial charge in [0.05, 0.1) is 24.1 Å². The molecule has 1 aromatic rings. The Morgan fingerprint density at radius 2 is 2.29 bits per heavy atom. The van der Waals surface area contributed by atoms with Gasteiger partial charge in [-0.15, -0.1) is 0 Å². The number of alkyl halides is 2. The molecular formula is C9H11F2N3O3. The second-order valence-electron chi connectivity index (χ2n) is 3.19. The maximum Gasteiger partial charge on any atom is 0.274 e. The quantitative estimate of drug-likeness (QED) is 0.600. The van der Waals surface area contributed by atoms with Gasteiger partial charge in [0.1, 0.15) is 5.82 Å². The van der Waals surface area contributed by atoms with E-state index in [1.807, 2.05) is 0 Å². The van der Waals surface area contributed by atoms with Crippen molar-refractivity contribution in [3.05, 3.63) is 28.4 Å². The van der Waals surface area contributed by atoms with E-state index in [1.165, 1.54) is 12.3 Å². The predicted molar refractivity (Wildman–Crippen MR) is 56.2 cm³/mol. The first-order valence-corrected chi connectivity index (χ1v) is 4.79. The number of aliphatic hydroxyl groups excluding tert-OH is 1. The van der Waals surface area contributed by atoms with Crippen LogP contribution in [0.4, 0.5) is 20.3 Å². The van der Waals surface area contributed by atoms with Gasteiger partial charge in [0.25, 0.3) is 12.1 Å². The largest absolute Gasteiger partial charge is 0.395 e. The topological polar surface area (TPSA) is 79.5 Å². The minimum Gasteiger partial charge on any atom is -0.395 e. The van der Waals surface area contributed by atoms with Crippen molar-refractivity contribution in [1.82, 2.24) is 4.98 Å². The van der Waals surface area contributed by atoms with Crippen molar-refractivity contribution in [2.75, 3.05) is 24.6 Å². The van der Waals surface area contributed by atoms with E-state index in [2.05, 4.69) is 4.98 Å². The SMILES string of the molecule is O=[N+]([O-])c1ccnc(N(CCO)CC(F)F)c1. The van der Waals surface area contributed by atoms with Crippen LogP contribution in [0.2, 0.25) is 0 Å². The van der Waals surface area contributed by atoms with Gasteiger partial charge in [-0.1, -0.05) is 0 Å². The molecule has 0 radical (unpaired) electrons. The number of nitro groups is 1. The summed E-state index contributed by atoms with van der Waals surface area (Å²) in [7, 11) is 0. The fourth-order valence-corrected chi connectivity index (χ4v) is 1.28. The summed E-state index contributed by atoms with van der Waals surface area (Å²) in [6, 6.07) is 2.26. The number of rotatable bonds is 6. The minimum atomic E-state index is -2.61. The molecule has 1 aromatic heterocycles. The lowest BCUT2D eigenvalue weighted by atomic mass is 10.3. The van der Waals surface area contributed by atoms with Crippen molar-refractivity contribution in [2.45, 2.75) is 6.43 Å². The third-order valence-corrected chi connectivity index (χ3v) is 1.99. The first-order valence-electron chi connectivity index (χ1n) is 4.79. The van der Waals surface area contributed by atoms with Gasteiger partial charge in [-0.05, 0) is 0 Å². The second-order valence-corrected chi connectivity index (χ2v) is 3.19. The van der Waals surface area contributed by atoms with E-state index in [-0.39, 0.29) is 24.7 Å². The molecule has 0 aromatic carbocycles. The highest BCUT2D eigenvalue weighted by molar-refractivity contribution is 5.46. The number of anilines is 1. The van der Waals surface area contributed by atoms with Crippen molar-refractivity contribution in [1.29, 1.82) is 0 Å². The monoisotopic (exact) mass is 247 g/mol. The standard InChI is InChI=1S/C9H11F2N3O3/c10-8(11)6-13(3-4-15)9-5-7(14(16)17)1-2-12-9/h1-2,5,8,15H,3-4,6H2. The Bertz CT molecular complexity index is 390. The van der Waals surface area contributed by atoms with Crippen LogP contribution in [-0.2, 0) is 0 Å². The Kier molecular flexibility index (Phi) is 4.70. The molecule has 0 aliphatic heterocycles. The molecule has 0 fully saturated rings. The molecule has 1 N–H and O–H groups in total. The molecule has 17 heavy (non-hydrogen) atoms. The van der Waals surface area contributed by atoms with E-state index in [4.69, 9.17) is 5.11 Å². The Labute approximate surface area is 95.6 Å². The zero-order valence-corrected chi connectivity index (χ0v) is 8.79. The van der Waals surface area contributed by atoms with Crippen LogP contribution < -0.4 is 4.90 Å². The van der Waals surface area contributed by atoms with E-state index in [0.29, 0.717) is 0 Å². The maximum absolute atomic E-state index is 12.3. The number of halogens is 2. The summed E-state index contributed by atoms with van der Waals surface area (Å²) in [5.74, 6) is 0.0496. The molecule has 1 rings (SSSR count). The zero-order chi connectivity index (χ0) is 12.8. The fraction of sp³-hybridized carbons (Fsp3) is 0.444. The van der Waals surface area contributed by atoms with E-state index in [9.17, 15) is 18.9 Å². The van der Waals surface area contributed by atoms with E-state index in [1.54, 1.807) is 0 Å². The third-order valence-electron chi connectivity index (χ3n) is 1.99. The molecule has 0 amide bonds. The Hall–Kier alpha value is -1.83. The summed E-state index contributed by atoms with van der Waals surface area (Å²) in [5.41, 5.74) is -0.229. The van der Waals surface area contributed by atoms with Crippen LogP contribution in [0.25, 0.3) is 0 Å². The molecular weight excluding hydrogens is 236 g/mol. The molecule has 0 unspecified atom stereocenters. The van der Waals surface area contributed by atoms with Gasteiger partial charge in [0.2, 0.25) is 0 Å². The van der Waals surface area contributed by atoms with Gasteiger partial charge < -0.3 is 10.0 Å². The summed E-state index contributed by atoms with van der Waals surface area (Å²) >= 11 is 0. The first kappa shape index (κ1) is 13.2. The normalized spacial score (nSPS) is 10.6. The Morgan fingerprint density at radius 1 is 1.59 bits per heavy atom. The molecule has 0 bridgehead atoms. The van der Waals surface area contributed by atoms with Gasteiger partial charge in [-0.3, -0.25) is 10.1 Å². The lowest BCUT2D eigenvalue weighted by Gasteiger charge is -2.21. The van der Waals surface area contributed by atoms with Gasteiger partial charge in [-0.2, -0.15) is 0 Å². The molecule has 0 aliphatic rings. The average Bonchev–Trinajstić information content (AvgIpc) is 2.28. The molecule has 6 nitrogen and oxygen atoms in total. The van der Waals surface area contributed by atoms with Gasteiger partial charge in [-0.25, -0.2) is 13.8 Å². The maximum atomic E-state index is 12.3. The molecule has 94 valence electrons. The number of hydrogen-bond donors (Lipinski definition) is 1. The highest BCUT2D eigenvalue weighted by atomic mass is 19.3. The molecule has 8 heteroatoms. The van der Waals surface area contributed by atoms with Crippen LogP contribution in [-0.4, -0.2) is 41.1 Å². The van der Waals surface area contributed by atoms with Crippen LogP contribution in [0, 0.1) is 10.1 Å². The van der Waals surface area contributed by atoms with Gasteiger partial charge >= 0.3 is 0 Å². The third kappa shape index (κ3) is 3.91. The Balaban J connectivity index is 2.92. The van der Waals surface area contributed by atoms with Crippen molar-refractivity contribution < 1.29 is 18.8 Å². The number of pyridine rings is 1. The summed E-state index contributed by atoms with van der Waals surface area (Å²) in [6.45, 7) is -1.02. The van der Waals surface area contributed by atoms with Crippen molar-refractivity contribution in [3.63, 3.8) is 0 Å². The summed E-state index contributed by atoms with van der Waals surface area (Å²) < 4.78 is 24.5. The molecule has 0 spiro atoms. The lowest BCUT2D eigenvalue weighted by molar-refractivity contribution is -0.384. The number of hydrogen-bond acceptors (Lipinski definition) is 5. The summed E-state index contributed by atoms with van der Waals surface area (Å²) in [4.78, 5) is 14.7.